The summed E-state index contributed by atoms with van der Waals surface area (Å²) in [5.41, 5.74) is 7.45. The minimum absolute atomic E-state index is 0.0675. The number of anilines is 1. The van der Waals surface area contributed by atoms with Crippen LogP contribution in [0.3, 0.4) is 0 Å². The quantitative estimate of drug-likeness (QED) is 0.856. The van der Waals surface area contributed by atoms with Crippen LogP contribution in [0.5, 0.6) is 0 Å². The number of hydrogen-bond donors (Lipinski definition) is 1. The first-order valence-corrected chi connectivity index (χ1v) is 5.50. The number of nitrogen functional groups attached to an aromatic ring is 1. The van der Waals surface area contributed by atoms with E-state index in [2.05, 4.69) is 35.7 Å². The highest BCUT2D eigenvalue weighted by atomic mass is 15.2. The molecule has 0 radical (unpaired) electrons. The molecule has 0 spiro atoms. The number of rotatable bonds is 3. The average Bonchev–Trinajstić information content (AvgIpc) is 2.53. The molecular weight excluding hydrogens is 202 g/mol. The van der Waals surface area contributed by atoms with Crippen molar-refractivity contribution in [1.29, 1.82) is 0 Å². The van der Waals surface area contributed by atoms with Gasteiger partial charge in [0.15, 0.2) is 5.65 Å². The molecule has 0 aliphatic heterocycles. The molecule has 2 aromatic heterocycles. The van der Waals surface area contributed by atoms with Gasteiger partial charge in [0.25, 0.3) is 0 Å². The Hall–Kier alpha value is -1.65. The van der Waals surface area contributed by atoms with E-state index in [0.29, 0.717) is 5.95 Å². The molecule has 0 bridgehead atoms. The standard InChI is InChI=1S/C11H17N5/c1-4-5-11(2,3)16-9-8(15-10(16)12)6-13-7-14-9/h6-7H,4-5H2,1-3H3,(H2,12,15). The number of hydrogen-bond acceptors (Lipinski definition) is 4. The highest BCUT2D eigenvalue weighted by Gasteiger charge is 2.24. The van der Waals surface area contributed by atoms with Crippen molar-refractivity contribution >= 4 is 17.1 Å². The van der Waals surface area contributed by atoms with Gasteiger partial charge in [-0.05, 0) is 20.3 Å². The Bertz CT molecular complexity index is 500. The predicted molar refractivity (Wildman–Crippen MR) is 64.0 cm³/mol. The predicted octanol–water partition coefficient (Wildman–Crippen LogP) is 1.94. The van der Waals surface area contributed by atoms with E-state index in [-0.39, 0.29) is 5.54 Å². The van der Waals surface area contributed by atoms with Crippen molar-refractivity contribution in [2.45, 2.75) is 39.2 Å². The number of fused-ring (bicyclic) bond motifs is 1. The van der Waals surface area contributed by atoms with Crippen molar-refractivity contribution in [3.05, 3.63) is 12.5 Å². The lowest BCUT2D eigenvalue weighted by molar-refractivity contribution is 0.336. The number of nitrogens with zero attached hydrogens (tertiary/aromatic N) is 4. The van der Waals surface area contributed by atoms with E-state index < -0.39 is 0 Å². The van der Waals surface area contributed by atoms with Gasteiger partial charge >= 0.3 is 0 Å². The lowest BCUT2D eigenvalue weighted by Crippen LogP contribution is -2.27. The van der Waals surface area contributed by atoms with Gasteiger partial charge in [0.05, 0.1) is 6.20 Å². The number of nitrogens with two attached hydrogens (primary N) is 1. The average molecular weight is 219 g/mol. The van der Waals surface area contributed by atoms with E-state index in [0.717, 1.165) is 24.0 Å². The van der Waals surface area contributed by atoms with Crippen molar-refractivity contribution in [3.63, 3.8) is 0 Å². The van der Waals surface area contributed by atoms with Gasteiger partial charge in [-0.3, -0.25) is 4.57 Å². The van der Waals surface area contributed by atoms with Gasteiger partial charge < -0.3 is 5.73 Å². The van der Waals surface area contributed by atoms with Gasteiger partial charge in [0, 0.05) is 5.54 Å². The van der Waals surface area contributed by atoms with Crippen LogP contribution in [0.25, 0.3) is 11.2 Å². The second kappa shape index (κ2) is 3.73. The van der Waals surface area contributed by atoms with Crippen LogP contribution in [-0.2, 0) is 5.54 Å². The molecule has 0 aliphatic carbocycles. The van der Waals surface area contributed by atoms with Gasteiger partial charge in [-0.1, -0.05) is 13.3 Å². The van der Waals surface area contributed by atoms with E-state index in [4.69, 9.17) is 5.73 Å². The van der Waals surface area contributed by atoms with Crippen LogP contribution in [0.4, 0.5) is 5.95 Å². The topological polar surface area (TPSA) is 69.6 Å². The second-order valence-corrected chi connectivity index (χ2v) is 4.60. The summed E-state index contributed by atoms with van der Waals surface area (Å²) in [5.74, 6) is 0.508. The molecule has 0 saturated heterocycles. The third-order valence-electron chi connectivity index (χ3n) is 2.82. The lowest BCUT2D eigenvalue weighted by Gasteiger charge is -2.27. The molecule has 2 heterocycles. The molecule has 2 rings (SSSR count). The zero-order valence-corrected chi connectivity index (χ0v) is 9.94. The monoisotopic (exact) mass is 219 g/mol. The van der Waals surface area contributed by atoms with Crippen LogP contribution < -0.4 is 5.73 Å². The smallest absolute Gasteiger partial charge is 0.203 e. The Morgan fingerprint density at radius 1 is 1.44 bits per heavy atom. The van der Waals surface area contributed by atoms with E-state index in [1.807, 2.05) is 4.57 Å². The van der Waals surface area contributed by atoms with Crippen molar-refractivity contribution in [1.82, 2.24) is 19.5 Å². The molecule has 5 heteroatoms. The van der Waals surface area contributed by atoms with E-state index in [9.17, 15) is 0 Å². The van der Waals surface area contributed by atoms with Crippen molar-refractivity contribution < 1.29 is 0 Å². The molecule has 0 atom stereocenters. The fourth-order valence-corrected chi connectivity index (χ4v) is 2.17. The summed E-state index contributed by atoms with van der Waals surface area (Å²) in [6, 6.07) is 0. The Balaban J connectivity index is 2.63. The molecule has 0 fully saturated rings. The van der Waals surface area contributed by atoms with Gasteiger partial charge in [-0.25, -0.2) is 15.0 Å². The van der Waals surface area contributed by atoms with E-state index in [1.165, 1.54) is 6.33 Å². The molecule has 0 aliphatic rings. The summed E-state index contributed by atoms with van der Waals surface area (Å²) in [5, 5.41) is 0. The molecule has 5 nitrogen and oxygen atoms in total. The van der Waals surface area contributed by atoms with Crippen LogP contribution in [0.2, 0.25) is 0 Å². The van der Waals surface area contributed by atoms with Gasteiger partial charge in [0.1, 0.15) is 11.8 Å². The summed E-state index contributed by atoms with van der Waals surface area (Å²) in [6.45, 7) is 6.46. The lowest BCUT2D eigenvalue weighted by atomic mass is 9.98. The summed E-state index contributed by atoms with van der Waals surface area (Å²) in [6.07, 6.45) is 5.35. The third-order valence-corrected chi connectivity index (χ3v) is 2.82. The fraction of sp³-hybridized carbons (Fsp3) is 0.545. The van der Waals surface area contributed by atoms with Crippen molar-refractivity contribution in [2.24, 2.45) is 0 Å². The van der Waals surface area contributed by atoms with Crippen LogP contribution in [0, 0.1) is 0 Å². The minimum Gasteiger partial charge on any atom is -0.369 e. The molecule has 0 amide bonds. The Morgan fingerprint density at radius 3 is 2.88 bits per heavy atom. The van der Waals surface area contributed by atoms with Crippen LogP contribution in [-0.4, -0.2) is 19.5 Å². The maximum Gasteiger partial charge on any atom is 0.203 e. The summed E-state index contributed by atoms with van der Waals surface area (Å²) >= 11 is 0. The summed E-state index contributed by atoms with van der Waals surface area (Å²) in [4.78, 5) is 12.5. The van der Waals surface area contributed by atoms with Crippen LogP contribution in [0.15, 0.2) is 12.5 Å². The first kappa shape index (κ1) is 10.9. The van der Waals surface area contributed by atoms with Gasteiger partial charge in [-0.15, -0.1) is 0 Å². The summed E-state index contributed by atoms with van der Waals surface area (Å²) < 4.78 is 1.99. The van der Waals surface area contributed by atoms with E-state index >= 15 is 0 Å². The minimum atomic E-state index is -0.0675. The number of aromatic nitrogens is 4. The molecule has 0 unspecified atom stereocenters. The second-order valence-electron chi connectivity index (χ2n) is 4.60. The molecule has 0 aromatic carbocycles. The summed E-state index contributed by atoms with van der Waals surface area (Å²) in [7, 11) is 0. The Kier molecular flexibility index (Phi) is 2.53. The molecule has 2 N–H and O–H groups in total. The van der Waals surface area contributed by atoms with Gasteiger partial charge in [0.2, 0.25) is 5.95 Å². The first-order chi connectivity index (χ1) is 7.56. The Morgan fingerprint density at radius 2 is 2.19 bits per heavy atom. The zero-order chi connectivity index (χ0) is 11.8. The number of imidazole rings is 1. The SMILES string of the molecule is CCCC(C)(C)n1c(N)nc2cncnc21. The molecule has 0 saturated carbocycles. The Labute approximate surface area is 94.7 Å². The van der Waals surface area contributed by atoms with E-state index in [1.54, 1.807) is 6.20 Å². The zero-order valence-electron chi connectivity index (χ0n) is 9.94. The van der Waals surface area contributed by atoms with Gasteiger partial charge in [-0.2, -0.15) is 0 Å². The molecule has 2 aromatic rings. The van der Waals surface area contributed by atoms with Crippen molar-refractivity contribution in [2.75, 3.05) is 5.73 Å². The molecule has 16 heavy (non-hydrogen) atoms. The maximum atomic E-state index is 5.95. The molecule has 86 valence electrons. The highest BCUT2D eigenvalue weighted by Crippen LogP contribution is 2.28. The van der Waals surface area contributed by atoms with Crippen molar-refractivity contribution in [3.8, 4) is 0 Å². The maximum absolute atomic E-state index is 5.95. The normalized spacial score (nSPS) is 12.2. The highest BCUT2D eigenvalue weighted by molar-refractivity contribution is 5.73. The third kappa shape index (κ3) is 1.62. The molecular formula is C11H17N5. The van der Waals surface area contributed by atoms with Crippen LogP contribution >= 0.6 is 0 Å². The van der Waals surface area contributed by atoms with Crippen LogP contribution in [0.1, 0.15) is 33.6 Å². The first-order valence-electron chi connectivity index (χ1n) is 5.50. The largest absolute Gasteiger partial charge is 0.369 e. The fourth-order valence-electron chi connectivity index (χ4n) is 2.17.